The molecule has 0 fully saturated rings. The molecule has 2 heterocycles. The lowest BCUT2D eigenvalue weighted by Crippen LogP contribution is -2.24. The van der Waals surface area contributed by atoms with Gasteiger partial charge in [-0.1, -0.05) is 24.3 Å². The van der Waals surface area contributed by atoms with Crippen molar-refractivity contribution in [2.45, 2.75) is 26.8 Å². The molecule has 0 spiro atoms. The van der Waals surface area contributed by atoms with Gasteiger partial charge in [0.25, 0.3) is 0 Å². The first-order valence-electron chi connectivity index (χ1n) is 8.44. The number of rotatable bonds is 5. The highest BCUT2D eigenvalue weighted by molar-refractivity contribution is 7.16. The number of thiazole rings is 1. The molecule has 0 saturated carbocycles. The second kappa shape index (κ2) is 8.18. The van der Waals surface area contributed by atoms with Gasteiger partial charge in [-0.15, -0.1) is 0 Å². The fraction of sp³-hybridized carbons (Fsp3) is 0.389. The van der Waals surface area contributed by atoms with Gasteiger partial charge < -0.3 is 18.8 Å². The molecule has 0 N–H and O–H groups in total. The molecule has 0 bridgehead atoms. The molecular weight excluding hydrogens is 356 g/mol. The number of aromatic nitrogens is 1. The molecule has 1 amide bonds. The normalized spacial score (nSPS) is 14.5. The van der Waals surface area contributed by atoms with Crippen molar-refractivity contribution in [1.29, 1.82) is 0 Å². The van der Waals surface area contributed by atoms with Crippen molar-refractivity contribution in [2.24, 2.45) is 4.99 Å². The molecule has 1 aliphatic rings. The van der Waals surface area contributed by atoms with Crippen molar-refractivity contribution in [1.82, 2.24) is 4.57 Å². The minimum atomic E-state index is -0.537. The number of hydrogen-bond donors (Lipinski definition) is 0. The SMILES string of the molecule is CCOC(=O)Cn1c(=NC(=O)C2=COCCO2)sc2cc(CC)ccc21. The Morgan fingerprint density at radius 2 is 2.15 bits per heavy atom. The minimum absolute atomic E-state index is 0.0121. The van der Waals surface area contributed by atoms with Gasteiger partial charge in [-0.2, -0.15) is 4.99 Å². The fourth-order valence-corrected chi connectivity index (χ4v) is 3.63. The van der Waals surface area contributed by atoms with Crippen LogP contribution in [0.3, 0.4) is 0 Å². The van der Waals surface area contributed by atoms with Gasteiger partial charge in [0, 0.05) is 0 Å². The molecule has 0 unspecified atom stereocenters. The van der Waals surface area contributed by atoms with E-state index in [0.29, 0.717) is 24.6 Å². The summed E-state index contributed by atoms with van der Waals surface area (Å²) in [5.74, 6) is -0.854. The Labute approximate surface area is 154 Å². The molecule has 0 aliphatic carbocycles. The summed E-state index contributed by atoms with van der Waals surface area (Å²) in [5.41, 5.74) is 2.01. The van der Waals surface area contributed by atoms with Crippen LogP contribution in [0.25, 0.3) is 10.2 Å². The molecule has 0 radical (unpaired) electrons. The molecule has 138 valence electrons. The third kappa shape index (κ3) is 3.96. The molecule has 26 heavy (non-hydrogen) atoms. The molecule has 0 saturated heterocycles. The average Bonchev–Trinajstić information content (AvgIpc) is 2.98. The lowest BCUT2D eigenvalue weighted by Gasteiger charge is -2.12. The number of carbonyl (C=O) groups excluding carboxylic acids is 2. The lowest BCUT2D eigenvalue weighted by atomic mass is 10.2. The highest BCUT2D eigenvalue weighted by Gasteiger charge is 2.17. The molecule has 3 rings (SSSR count). The van der Waals surface area contributed by atoms with Crippen LogP contribution in [0.2, 0.25) is 0 Å². The van der Waals surface area contributed by atoms with Crippen molar-refractivity contribution in [3.05, 3.63) is 40.6 Å². The van der Waals surface area contributed by atoms with E-state index in [4.69, 9.17) is 14.2 Å². The summed E-state index contributed by atoms with van der Waals surface area (Å²) in [6, 6.07) is 5.99. The standard InChI is InChI=1S/C18H20N2O5S/c1-3-12-5-6-13-15(9-12)26-18(20(13)10-16(21)24-4-2)19-17(22)14-11-23-7-8-25-14/h5-6,9,11H,3-4,7-8,10H2,1-2H3. The van der Waals surface area contributed by atoms with Gasteiger partial charge >= 0.3 is 11.9 Å². The largest absolute Gasteiger partial charge is 0.494 e. The van der Waals surface area contributed by atoms with E-state index in [1.807, 2.05) is 18.2 Å². The van der Waals surface area contributed by atoms with Gasteiger partial charge in [0.15, 0.2) is 4.80 Å². The van der Waals surface area contributed by atoms with Crippen LogP contribution >= 0.6 is 11.3 Å². The number of amides is 1. The maximum atomic E-state index is 12.4. The van der Waals surface area contributed by atoms with Gasteiger partial charge in [0.05, 0.1) is 16.8 Å². The predicted octanol–water partition coefficient (Wildman–Crippen LogP) is 2.14. The van der Waals surface area contributed by atoms with Crippen LogP contribution in [0.5, 0.6) is 0 Å². The highest BCUT2D eigenvalue weighted by Crippen LogP contribution is 2.20. The zero-order chi connectivity index (χ0) is 18.5. The van der Waals surface area contributed by atoms with E-state index in [9.17, 15) is 9.59 Å². The Morgan fingerprint density at radius 1 is 1.31 bits per heavy atom. The van der Waals surface area contributed by atoms with Crippen LogP contribution in [-0.2, 0) is 36.8 Å². The van der Waals surface area contributed by atoms with E-state index in [1.165, 1.54) is 23.2 Å². The quantitative estimate of drug-likeness (QED) is 0.747. The number of nitrogens with zero attached hydrogens (tertiary/aromatic N) is 2. The number of hydrogen-bond acceptors (Lipinski definition) is 6. The molecule has 1 aromatic heterocycles. The summed E-state index contributed by atoms with van der Waals surface area (Å²) >= 11 is 1.35. The summed E-state index contributed by atoms with van der Waals surface area (Å²) in [6.45, 7) is 4.82. The van der Waals surface area contributed by atoms with Gasteiger partial charge in [-0.05, 0) is 31.0 Å². The Morgan fingerprint density at radius 3 is 2.85 bits per heavy atom. The number of ether oxygens (including phenoxy) is 3. The number of carbonyl (C=O) groups is 2. The molecule has 1 aliphatic heterocycles. The van der Waals surface area contributed by atoms with Crippen LogP contribution in [-0.4, -0.2) is 36.3 Å². The molecule has 0 atom stereocenters. The van der Waals surface area contributed by atoms with E-state index < -0.39 is 5.91 Å². The maximum Gasteiger partial charge on any atom is 0.326 e. The average molecular weight is 376 g/mol. The lowest BCUT2D eigenvalue weighted by molar-refractivity contribution is -0.143. The van der Waals surface area contributed by atoms with Crippen LogP contribution in [0.15, 0.2) is 35.2 Å². The second-order valence-electron chi connectivity index (χ2n) is 5.55. The summed E-state index contributed by atoms with van der Waals surface area (Å²) in [7, 11) is 0. The molecular formula is C18H20N2O5S. The summed E-state index contributed by atoms with van der Waals surface area (Å²) in [5, 5.41) is 0. The monoisotopic (exact) mass is 376 g/mol. The Hall–Kier alpha value is -2.61. The number of benzene rings is 1. The van der Waals surface area contributed by atoms with E-state index in [2.05, 4.69) is 11.9 Å². The van der Waals surface area contributed by atoms with Crippen molar-refractivity contribution in [2.75, 3.05) is 19.8 Å². The fourth-order valence-electron chi connectivity index (χ4n) is 2.53. The molecule has 7 nitrogen and oxygen atoms in total. The van der Waals surface area contributed by atoms with Crippen LogP contribution in [0.1, 0.15) is 19.4 Å². The predicted molar refractivity (Wildman–Crippen MR) is 96.4 cm³/mol. The first-order chi connectivity index (χ1) is 12.6. The first-order valence-corrected chi connectivity index (χ1v) is 9.25. The smallest absolute Gasteiger partial charge is 0.326 e. The minimum Gasteiger partial charge on any atom is -0.494 e. The molecule has 8 heteroatoms. The topological polar surface area (TPSA) is 79.1 Å². The van der Waals surface area contributed by atoms with Crippen LogP contribution < -0.4 is 4.80 Å². The zero-order valence-electron chi connectivity index (χ0n) is 14.7. The second-order valence-corrected chi connectivity index (χ2v) is 6.56. The summed E-state index contributed by atoms with van der Waals surface area (Å²) < 4.78 is 18.1. The maximum absolute atomic E-state index is 12.4. The van der Waals surface area contributed by atoms with Crippen LogP contribution in [0.4, 0.5) is 0 Å². The summed E-state index contributed by atoms with van der Waals surface area (Å²) in [6.07, 6.45) is 2.17. The van der Waals surface area contributed by atoms with Crippen molar-refractivity contribution in [3.63, 3.8) is 0 Å². The third-order valence-corrected chi connectivity index (χ3v) is 4.85. The third-order valence-electron chi connectivity index (χ3n) is 3.81. The highest BCUT2D eigenvalue weighted by atomic mass is 32.1. The molecule has 2 aromatic rings. The number of esters is 1. The van der Waals surface area contributed by atoms with E-state index in [-0.39, 0.29) is 18.3 Å². The van der Waals surface area contributed by atoms with Crippen molar-refractivity contribution >= 4 is 33.4 Å². The Kier molecular flexibility index (Phi) is 5.72. The van der Waals surface area contributed by atoms with E-state index in [1.54, 1.807) is 11.5 Å². The van der Waals surface area contributed by atoms with E-state index in [0.717, 1.165) is 16.6 Å². The van der Waals surface area contributed by atoms with Gasteiger partial charge in [-0.3, -0.25) is 9.59 Å². The van der Waals surface area contributed by atoms with Gasteiger partial charge in [0.2, 0.25) is 5.76 Å². The Bertz CT molecular complexity index is 925. The number of aryl methyl sites for hydroxylation is 1. The van der Waals surface area contributed by atoms with E-state index >= 15 is 0 Å². The number of fused-ring (bicyclic) bond motifs is 1. The van der Waals surface area contributed by atoms with Gasteiger partial charge in [0.1, 0.15) is 26.0 Å². The van der Waals surface area contributed by atoms with Crippen molar-refractivity contribution in [3.8, 4) is 0 Å². The molecule has 1 aromatic carbocycles. The Balaban J connectivity index is 2.06. The summed E-state index contributed by atoms with van der Waals surface area (Å²) in [4.78, 5) is 28.9. The first kappa shape index (κ1) is 18.2. The van der Waals surface area contributed by atoms with Crippen molar-refractivity contribution < 1.29 is 23.8 Å². The van der Waals surface area contributed by atoms with Gasteiger partial charge in [-0.25, -0.2) is 0 Å². The zero-order valence-corrected chi connectivity index (χ0v) is 15.5. The van der Waals surface area contributed by atoms with Crippen LogP contribution in [0, 0.1) is 0 Å².